The lowest BCUT2D eigenvalue weighted by Crippen LogP contribution is -2.32. The molecular formula is C29H33NO3. The normalized spacial score (nSPS) is 12.2. The second-order valence-corrected chi connectivity index (χ2v) is 9.49. The van der Waals surface area contributed by atoms with Crippen molar-refractivity contribution in [3.8, 4) is 5.75 Å². The summed E-state index contributed by atoms with van der Waals surface area (Å²) in [4.78, 5) is 25.9. The monoisotopic (exact) mass is 443 g/mol. The van der Waals surface area contributed by atoms with Gasteiger partial charge in [-0.25, -0.2) is 0 Å². The molecule has 4 nitrogen and oxygen atoms in total. The Balaban J connectivity index is 1.72. The number of benzene rings is 3. The van der Waals surface area contributed by atoms with Crippen LogP contribution in [-0.4, -0.2) is 17.8 Å². The van der Waals surface area contributed by atoms with E-state index in [1.165, 1.54) is 11.1 Å². The van der Waals surface area contributed by atoms with Crippen molar-refractivity contribution in [1.82, 2.24) is 0 Å². The average Bonchev–Trinajstić information content (AvgIpc) is 2.79. The van der Waals surface area contributed by atoms with E-state index in [0.717, 1.165) is 5.56 Å². The molecule has 3 aromatic rings. The summed E-state index contributed by atoms with van der Waals surface area (Å²) >= 11 is 0. The molecule has 0 aliphatic rings. The third-order valence-electron chi connectivity index (χ3n) is 5.83. The molecule has 33 heavy (non-hydrogen) atoms. The first-order valence-corrected chi connectivity index (χ1v) is 11.4. The lowest BCUT2D eigenvalue weighted by Gasteiger charge is -2.19. The molecule has 0 saturated heterocycles. The van der Waals surface area contributed by atoms with Gasteiger partial charge in [0, 0.05) is 16.8 Å². The van der Waals surface area contributed by atoms with Crippen molar-refractivity contribution in [2.24, 2.45) is 0 Å². The third-order valence-corrected chi connectivity index (χ3v) is 5.83. The number of nitrogens with one attached hydrogen (secondary N) is 1. The van der Waals surface area contributed by atoms with E-state index in [0.29, 0.717) is 29.0 Å². The van der Waals surface area contributed by atoms with Gasteiger partial charge in [0.05, 0.1) is 0 Å². The van der Waals surface area contributed by atoms with E-state index in [1.54, 1.807) is 24.3 Å². The summed E-state index contributed by atoms with van der Waals surface area (Å²) in [5, 5.41) is 2.90. The summed E-state index contributed by atoms with van der Waals surface area (Å²) < 4.78 is 5.94. The van der Waals surface area contributed by atoms with E-state index in [9.17, 15) is 9.59 Å². The number of amides is 1. The zero-order valence-corrected chi connectivity index (χ0v) is 20.4. The molecule has 172 valence electrons. The van der Waals surface area contributed by atoms with Gasteiger partial charge in [0.15, 0.2) is 11.9 Å². The highest BCUT2D eigenvalue weighted by atomic mass is 16.5. The van der Waals surface area contributed by atoms with E-state index in [2.05, 4.69) is 26.1 Å². The standard InChI is InChI=1S/C29H33NO3/c1-7-26(33-25-16-11-19(2)20(3)17-25)28(32)30-24-10-8-9-22(18-24)27(31)21-12-14-23(15-13-21)29(4,5)6/h8-18,26H,7H2,1-6H3,(H,30,32)/t26-/m0/s1. The zero-order valence-electron chi connectivity index (χ0n) is 20.4. The molecule has 0 unspecified atom stereocenters. The van der Waals surface area contributed by atoms with E-state index < -0.39 is 6.10 Å². The Morgan fingerprint density at radius 1 is 0.879 bits per heavy atom. The fourth-order valence-electron chi connectivity index (χ4n) is 3.52. The quantitative estimate of drug-likeness (QED) is 0.417. The van der Waals surface area contributed by atoms with Gasteiger partial charge in [-0.1, -0.05) is 70.2 Å². The molecule has 0 aromatic heterocycles. The minimum absolute atomic E-state index is 0.0287. The first kappa shape index (κ1) is 24.2. The molecule has 1 atom stereocenters. The molecule has 0 heterocycles. The topological polar surface area (TPSA) is 55.4 Å². The molecule has 0 bridgehead atoms. The predicted octanol–water partition coefficient (Wildman–Crippen LogP) is 6.63. The van der Waals surface area contributed by atoms with Crippen molar-refractivity contribution in [2.75, 3.05) is 5.32 Å². The zero-order chi connectivity index (χ0) is 24.2. The molecule has 1 N–H and O–H groups in total. The first-order chi connectivity index (χ1) is 15.6. The summed E-state index contributed by atoms with van der Waals surface area (Å²) in [6.45, 7) is 12.4. The maximum absolute atomic E-state index is 13.0. The fraction of sp³-hybridized carbons (Fsp3) is 0.310. The fourth-order valence-corrected chi connectivity index (χ4v) is 3.52. The Morgan fingerprint density at radius 3 is 2.18 bits per heavy atom. The highest BCUT2D eigenvalue weighted by Crippen LogP contribution is 2.24. The highest BCUT2D eigenvalue weighted by molar-refractivity contribution is 6.09. The molecule has 0 fully saturated rings. The smallest absolute Gasteiger partial charge is 0.265 e. The van der Waals surface area contributed by atoms with Crippen LogP contribution in [0, 0.1) is 13.8 Å². The molecule has 3 aromatic carbocycles. The summed E-state index contributed by atoms with van der Waals surface area (Å²) in [7, 11) is 0. The van der Waals surface area contributed by atoms with Crippen LogP contribution in [0.2, 0.25) is 0 Å². The van der Waals surface area contributed by atoms with Gasteiger partial charge in [-0.2, -0.15) is 0 Å². The van der Waals surface area contributed by atoms with Gasteiger partial charge in [-0.15, -0.1) is 0 Å². The van der Waals surface area contributed by atoms with Crippen LogP contribution in [0.1, 0.15) is 66.7 Å². The van der Waals surface area contributed by atoms with Crippen molar-refractivity contribution < 1.29 is 14.3 Å². The van der Waals surface area contributed by atoms with Gasteiger partial charge < -0.3 is 10.1 Å². The lowest BCUT2D eigenvalue weighted by atomic mass is 9.86. The molecule has 0 saturated carbocycles. The minimum Gasteiger partial charge on any atom is -0.481 e. The van der Waals surface area contributed by atoms with Crippen molar-refractivity contribution >= 4 is 17.4 Å². The van der Waals surface area contributed by atoms with Gasteiger partial charge in [-0.3, -0.25) is 9.59 Å². The van der Waals surface area contributed by atoms with Crippen LogP contribution < -0.4 is 10.1 Å². The summed E-state index contributed by atoms with van der Waals surface area (Å²) in [6, 6.07) is 20.5. The highest BCUT2D eigenvalue weighted by Gasteiger charge is 2.20. The molecular weight excluding hydrogens is 410 g/mol. The number of hydrogen-bond acceptors (Lipinski definition) is 3. The second-order valence-electron chi connectivity index (χ2n) is 9.49. The number of aryl methyl sites for hydroxylation is 2. The Kier molecular flexibility index (Phi) is 7.37. The second kappa shape index (κ2) is 10.0. The van der Waals surface area contributed by atoms with E-state index >= 15 is 0 Å². The molecule has 0 aliphatic heterocycles. The van der Waals surface area contributed by atoms with Crippen molar-refractivity contribution in [3.63, 3.8) is 0 Å². The van der Waals surface area contributed by atoms with Crippen molar-refractivity contribution in [2.45, 2.75) is 59.5 Å². The Labute approximate surface area is 197 Å². The molecule has 1 amide bonds. The SMILES string of the molecule is CC[C@H](Oc1ccc(C)c(C)c1)C(=O)Nc1cccc(C(=O)c2ccc(C(C)(C)C)cc2)c1. The Hall–Kier alpha value is -3.40. The van der Waals surface area contributed by atoms with Crippen LogP contribution in [0.4, 0.5) is 5.69 Å². The van der Waals surface area contributed by atoms with Gasteiger partial charge in [0.2, 0.25) is 0 Å². The number of hydrogen-bond donors (Lipinski definition) is 1. The Bertz CT molecular complexity index is 1140. The van der Waals surface area contributed by atoms with Crippen LogP contribution in [0.5, 0.6) is 5.75 Å². The van der Waals surface area contributed by atoms with Crippen molar-refractivity contribution in [3.05, 3.63) is 94.5 Å². The first-order valence-electron chi connectivity index (χ1n) is 11.4. The largest absolute Gasteiger partial charge is 0.481 e. The molecule has 4 heteroatoms. The summed E-state index contributed by atoms with van der Waals surface area (Å²) in [5.74, 6) is 0.350. The van der Waals surface area contributed by atoms with Crippen LogP contribution in [0.15, 0.2) is 66.7 Å². The number of ether oxygens (including phenoxy) is 1. The molecule has 0 radical (unpaired) electrons. The van der Waals surface area contributed by atoms with E-state index in [-0.39, 0.29) is 17.1 Å². The number of rotatable bonds is 7. The van der Waals surface area contributed by atoms with Gasteiger partial charge in [0.25, 0.3) is 5.91 Å². The van der Waals surface area contributed by atoms with E-state index in [4.69, 9.17) is 4.74 Å². The van der Waals surface area contributed by atoms with Crippen molar-refractivity contribution in [1.29, 1.82) is 0 Å². The number of ketones is 1. The summed E-state index contributed by atoms with van der Waals surface area (Å²) in [5.41, 5.74) is 5.21. The molecule has 0 aliphatic carbocycles. The van der Waals surface area contributed by atoms with Gasteiger partial charge >= 0.3 is 0 Å². The van der Waals surface area contributed by atoms with Gasteiger partial charge in [0.1, 0.15) is 5.75 Å². The Morgan fingerprint density at radius 2 is 1.58 bits per heavy atom. The number of anilines is 1. The van der Waals surface area contributed by atoms with E-state index in [1.807, 2.05) is 63.2 Å². The average molecular weight is 444 g/mol. The molecule has 0 spiro atoms. The van der Waals surface area contributed by atoms with Crippen LogP contribution >= 0.6 is 0 Å². The van der Waals surface area contributed by atoms with Crippen LogP contribution in [-0.2, 0) is 10.2 Å². The maximum atomic E-state index is 13.0. The molecule has 3 rings (SSSR count). The van der Waals surface area contributed by atoms with Crippen LogP contribution in [0.3, 0.4) is 0 Å². The lowest BCUT2D eigenvalue weighted by molar-refractivity contribution is -0.122. The van der Waals surface area contributed by atoms with Crippen LogP contribution in [0.25, 0.3) is 0 Å². The minimum atomic E-state index is -0.628. The predicted molar refractivity (Wildman–Crippen MR) is 134 cm³/mol. The summed E-state index contributed by atoms with van der Waals surface area (Å²) in [6.07, 6.45) is -0.103. The number of carbonyl (C=O) groups excluding carboxylic acids is 2. The third kappa shape index (κ3) is 6.10. The maximum Gasteiger partial charge on any atom is 0.265 e. The number of carbonyl (C=O) groups is 2. The van der Waals surface area contributed by atoms with Gasteiger partial charge in [-0.05, 0) is 66.6 Å².